The summed E-state index contributed by atoms with van der Waals surface area (Å²) >= 11 is 1.66. The third kappa shape index (κ3) is 2.02. The standard InChI is InChI=1S/C14H14N4S/c1-2-11-13(10-6-8-19-9-10)17-18(14(11)15)12-5-3-4-7-16-12/h3-9H,2,15H2,1H3. The van der Waals surface area contributed by atoms with Crippen molar-refractivity contribution in [2.75, 3.05) is 5.73 Å². The van der Waals surface area contributed by atoms with E-state index in [2.05, 4.69) is 28.5 Å². The second-order valence-corrected chi connectivity index (χ2v) is 4.96. The molecule has 0 radical (unpaired) electrons. The minimum Gasteiger partial charge on any atom is -0.383 e. The quantitative estimate of drug-likeness (QED) is 0.795. The van der Waals surface area contributed by atoms with E-state index >= 15 is 0 Å². The first kappa shape index (κ1) is 11.9. The molecular formula is C14H14N4S. The van der Waals surface area contributed by atoms with Crippen LogP contribution in [-0.4, -0.2) is 14.8 Å². The molecule has 0 saturated carbocycles. The first-order chi connectivity index (χ1) is 9.31. The van der Waals surface area contributed by atoms with Gasteiger partial charge < -0.3 is 5.73 Å². The van der Waals surface area contributed by atoms with Gasteiger partial charge in [0.25, 0.3) is 0 Å². The largest absolute Gasteiger partial charge is 0.383 e. The summed E-state index contributed by atoms with van der Waals surface area (Å²) < 4.78 is 1.71. The number of nitrogens with two attached hydrogens (primary N) is 1. The highest BCUT2D eigenvalue weighted by Crippen LogP contribution is 2.30. The van der Waals surface area contributed by atoms with Gasteiger partial charge in [-0.2, -0.15) is 21.1 Å². The van der Waals surface area contributed by atoms with Gasteiger partial charge in [0, 0.05) is 22.7 Å². The number of anilines is 1. The van der Waals surface area contributed by atoms with E-state index in [9.17, 15) is 0 Å². The van der Waals surface area contributed by atoms with Gasteiger partial charge in [-0.25, -0.2) is 4.98 Å². The van der Waals surface area contributed by atoms with E-state index in [4.69, 9.17) is 5.73 Å². The molecule has 4 nitrogen and oxygen atoms in total. The van der Waals surface area contributed by atoms with E-state index in [1.165, 1.54) is 0 Å². The molecule has 0 unspecified atom stereocenters. The highest BCUT2D eigenvalue weighted by molar-refractivity contribution is 7.08. The number of thiophene rings is 1. The molecule has 0 aromatic carbocycles. The number of hydrogen-bond acceptors (Lipinski definition) is 4. The van der Waals surface area contributed by atoms with Crippen molar-refractivity contribution in [2.24, 2.45) is 0 Å². The molecule has 19 heavy (non-hydrogen) atoms. The maximum Gasteiger partial charge on any atom is 0.155 e. The summed E-state index contributed by atoms with van der Waals surface area (Å²) in [5.41, 5.74) is 9.35. The molecule has 0 amide bonds. The van der Waals surface area contributed by atoms with Crippen LogP contribution in [-0.2, 0) is 6.42 Å². The number of hydrogen-bond donors (Lipinski definition) is 1. The Hall–Kier alpha value is -2.14. The van der Waals surface area contributed by atoms with Gasteiger partial charge in [0.05, 0.1) is 5.69 Å². The van der Waals surface area contributed by atoms with E-state index in [0.29, 0.717) is 5.82 Å². The minimum absolute atomic E-state index is 0.669. The average Bonchev–Trinajstić information content (AvgIpc) is 3.07. The number of rotatable bonds is 3. The van der Waals surface area contributed by atoms with Gasteiger partial charge in [0.1, 0.15) is 5.82 Å². The number of pyridine rings is 1. The third-order valence-corrected chi connectivity index (χ3v) is 3.72. The molecule has 2 N–H and O–H groups in total. The normalized spacial score (nSPS) is 10.8. The Morgan fingerprint density at radius 2 is 2.21 bits per heavy atom. The molecule has 96 valence electrons. The first-order valence-corrected chi connectivity index (χ1v) is 7.07. The van der Waals surface area contributed by atoms with Crippen LogP contribution in [0.25, 0.3) is 17.1 Å². The molecule has 0 bridgehead atoms. The van der Waals surface area contributed by atoms with Gasteiger partial charge in [0.2, 0.25) is 0 Å². The number of nitrogen functional groups attached to an aromatic ring is 1. The molecule has 0 aliphatic heterocycles. The van der Waals surface area contributed by atoms with Crippen molar-refractivity contribution in [3.63, 3.8) is 0 Å². The zero-order valence-corrected chi connectivity index (χ0v) is 11.4. The molecule has 3 rings (SSSR count). The second-order valence-electron chi connectivity index (χ2n) is 4.18. The summed E-state index contributed by atoms with van der Waals surface area (Å²) in [6, 6.07) is 7.78. The fourth-order valence-corrected chi connectivity index (χ4v) is 2.74. The first-order valence-electron chi connectivity index (χ1n) is 6.12. The number of nitrogens with zero attached hydrogens (tertiary/aromatic N) is 3. The van der Waals surface area contributed by atoms with Gasteiger partial charge in [-0.1, -0.05) is 13.0 Å². The summed E-state index contributed by atoms with van der Waals surface area (Å²) in [4.78, 5) is 4.30. The minimum atomic E-state index is 0.669. The Kier molecular flexibility index (Phi) is 3.05. The Morgan fingerprint density at radius 1 is 1.32 bits per heavy atom. The maximum atomic E-state index is 6.22. The summed E-state index contributed by atoms with van der Waals surface area (Å²) in [6.45, 7) is 2.09. The van der Waals surface area contributed by atoms with Crippen molar-refractivity contribution in [2.45, 2.75) is 13.3 Å². The van der Waals surface area contributed by atoms with Gasteiger partial charge in [0.15, 0.2) is 5.82 Å². The lowest BCUT2D eigenvalue weighted by atomic mass is 10.1. The zero-order chi connectivity index (χ0) is 13.2. The van der Waals surface area contributed by atoms with Crippen molar-refractivity contribution in [1.29, 1.82) is 0 Å². The lowest BCUT2D eigenvalue weighted by molar-refractivity contribution is 0.860. The van der Waals surface area contributed by atoms with Gasteiger partial charge in [-0.3, -0.25) is 0 Å². The monoisotopic (exact) mass is 270 g/mol. The van der Waals surface area contributed by atoms with Crippen LogP contribution < -0.4 is 5.73 Å². The Morgan fingerprint density at radius 3 is 2.84 bits per heavy atom. The predicted octanol–water partition coefficient (Wildman–Crippen LogP) is 3.14. The third-order valence-electron chi connectivity index (χ3n) is 3.04. The van der Waals surface area contributed by atoms with E-state index in [-0.39, 0.29) is 0 Å². The number of aromatic nitrogens is 3. The Bertz CT molecular complexity index is 671. The summed E-state index contributed by atoms with van der Waals surface area (Å²) in [5.74, 6) is 1.42. The summed E-state index contributed by atoms with van der Waals surface area (Å²) in [7, 11) is 0. The van der Waals surface area contributed by atoms with E-state index in [1.54, 1.807) is 22.2 Å². The van der Waals surface area contributed by atoms with Crippen LogP contribution in [0.4, 0.5) is 5.82 Å². The molecule has 0 atom stereocenters. The van der Waals surface area contributed by atoms with E-state index in [1.807, 2.05) is 23.6 Å². The second kappa shape index (κ2) is 4.85. The van der Waals surface area contributed by atoms with E-state index in [0.717, 1.165) is 29.1 Å². The molecule has 3 heterocycles. The average molecular weight is 270 g/mol. The van der Waals surface area contributed by atoms with Crippen molar-refractivity contribution in [1.82, 2.24) is 14.8 Å². The smallest absolute Gasteiger partial charge is 0.155 e. The lowest BCUT2D eigenvalue weighted by Gasteiger charge is -2.02. The molecule has 0 aliphatic carbocycles. The molecule has 3 aromatic heterocycles. The highest BCUT2D eigenvalue weighted by Gasteiger charge is 2.17. The van der Waals surface area contributed by atoms with Crippen molar-refractivity contribution >= 4 is 17.2 Å². The predicted molar refractivity (Wildman–Crippen MR) is 78.5 cm³/mol. The van der Waals surface area contributed by atoms with Crippen molar-refractivity contribution in [3.05, 3.63) is 46.8 Å². The molecule has 0 spiro atoms. The van der Waals surface area contributed by atoms with Crippen LogP contribution in [0.2, 0.25) is 0 Å². The topological polar surface area (TPSA) is 56.7 Å². The fourth-order valence-electron chi connectivity index (χ4n) is 2.10. The molecule has 3 aromatic rings. The fraction of sp³-hybridized carbons (Fsp3) is 0.143. The van der Waals surface area contributed by atoms with Crippen LogP contribution in [0.15, 0.2) is 41.2 Å². The maximum absolute atomic E-state index is 6.22. The molecule has 0 aliphatic rings. The summed E-state index contributed by atoms with van der Waals surface area (Å²) in [6.07, 6.45) is 2.59. The van der Waals surface area contributed by atoms with Gasteiger partial charge in [-0.15, -0.1) is 0 Å². The van der Waals surface area contributed by atoms with Crippen LogP contribution in [0.3, 0.4) is 0 Å². The van der Waals surface area contributed by atoms with Crippen molar-refractivity contribution in [3.8, 4) is 17.1 Å². The van der Waals surface area contributed by atoms with Crippen molar-refractivity contribution < 1.29 is 0 Å². The van der Waals surface area contributed by atoms with Gasteiger partial charge >= 0.3 is 0 Å². The Labute approximate surface area is 115 Å². The van der Waals surface area contributed by atoms with Crippen LogP contribution in [0.5, 0.6) is 0 Å². The van der Waals surface area contributed by atoms with Gasteiger partial charge in [-0.05, 0) is 30.0 Å². The van der Waals surface area contributed by atoms with Crippen LogP contribution in [0.1, 0.15) is 12.5 Å². The SMILES string of the molecule is CCc1c(-c2ccsc2)nn(-c2ccccn2)c1N. The summed E-state index contributed by atoms with van der Waals surface area (Å²) in [5, 5.41) is 8.76. The molecule has 0 fully saturated rings. The zero-order valence-electron chi connectivity index (χ0n) is 10.6. The molecule has 0 saturated heterocycles. The van der Waals surface area contributed by atoms with E-state index < -0.39 is 0 Å². The Balaban J connectivity index is 2.18. The lowest BCUT2D eigenvalue weighted by Crippen LogP contribution is -2.04. The van der Waals surface area contributed by atoms with Crippen LogP contribution in [0, 0.1) is 0 Å². The molecule has 5 heteroatoms. The highest BCUT2D eigenvalue weighted by atomic mass is 32.1. The molecular weight excluding hydrogens is 256 g/mol. The van der Waals surface area contributed by atoms with Crippen LogP contribution >= 0.6 is 11.3 Å².